The van der Waals surface area contributed by atoms with Crippen LogP contribution in [0.1, 0.15) is 45.2 Å². The van der Waals surface area contributed by atoms with Gasteiger partial charge in [-0.15, -0.1) is 0 Å². The van der Waals surface area contributed by atoms with E-state index < -0.39 is 0 Å². The quantitative estimate of drug-likeness (QED) is 0.772. The molecular weight excluding hydrogens is 316 g/mol. The zero-order valence-corrected chi connectivity index (χ0v) is 14.6. The van der Waals surface area contributed by atoms with Crippen molar-refractivity contribution in [2.75, 3.05) is 25.2 Å². The molecule has 4 heteroatoms. The maximum Gasteiger partial charge on any atom is 0.0637 e. The second-order valence-electron chi connectivity index (χ2n) is 5.15. The predicted octanol–water partition coefficient (Wildman–Crippen LogP) is 4.11. The van der Waals surface area contributed by atoms with Gasteiger partial charge in [-0.25, -0.2) is 0 Å². The van der Waals surface area contributed by atoms with Gasteiger partial charge in [-0.3, -0.25) is 0 Å². The average molecular weight is 343 g/mol. The molecule has 0 aromatic heterocycles. The molecule has 1 aromatic rings. The van der Waals surface area contributed by atoms with E-state index in [-0.39, 0.29) is 6.04 Å². The molecule has 0 radical (unpaired) electrons. The number of benzene rings is 1. The van der Waals surface area contributed by atoms with Gasteiger partial charge in [-0.05, 0) is 37.5 Å². The largest absolute Gasteiger partial charge is 0.383 e. The highest BCUT2D eigenvalue weighted by Gasteiger charge is 2.17. The smallest absolute Gasteiger partial charge is 0.0637 e. The fourth-order valence-electron chi connectivity index (χ4n) is 2.51. The summed E-state index contributed by atoms with van der Waals surface area (Å²) < 4.78 is 6.33. The highest BCUT2D eigenvalue weighted by Crippen LogP contribution is 2.29. The molecular formula is C16H27BrN2O. The van der Waals surface area contributed by atoms with Gasteiger partial charge in [-0.1, -0.05) is 35.8 Å². The van der Waals surface area contributed by atoms with E-state index in [9.17, 15) is 0 Å². The van der Waals surface area contributed by atoms with Crippen LogP contribution in [0.15, 0.2) is 22.7 Å². The summed E-state index contributed by atoms with van der Waals surface area (Å²) in [5.41, 5.74) is 8.34. The molecule has 0 bridgehead atoms. The lowest BCUT2D eigenvalue weighted by Crippen LogP contribution is -2.37. The summed E-state index contributed by atoms with van der Waals surface area (Å²) in [7, 11) is 1.75. The number of nitrogens with two attached hydrogens (primary N) is 1. The van der Waals surface area contributed by atoms with Crippen LogP contribution in [0.5, 0.6) is 0 Å². The van der Waals surface area contributed by atoms with Crippen LogP contribution < -0.4 is 10.6 Å². The van der Waals surface area contributed by atoms with E-state index in [1.54, 1.807) is 7.11 Å². The highest BCUT2D eigenvalue weighted by atomic mass is 79.9. The standard InChI is InChI=1S/C16H27BrN2O/c1-5-13(6-2)19(9-10-20-4)14-7-8-15(12(3)18)16(17)11-14/h7-8,11-13H,5-6,9-10,18H2,1-4H3. The molecule has 0 saturated heterocycles. The molecule has 0 aliphatic heterocycles. The molecule has 1 aromatic carbocycles. The molecule has 0 heterocycles. The summed E-state index contributed by atoms with van der Waals surface area (Å²) in [6, 6.07) is 7.04. The Morgan fingerprint density at radius 3 is 2.40 bits per heavy atom. The number of methoxy groups -OCH3 is 1. The first-order valence-electron chi connectivity index (χ1n) is 7.35. The molecule has 0 aliphatic rings. The van der Waals surface area contributed by atoms with Gasteiger partial charge in [0.15, 0.2) is 0 Å². The van der Waals surface area contributed by atoms with E-state index in [0.29, 0.717) is 6.04 Å². The number of hydrogen-bond donors (Lipinski definition) is 1. The Morgan fingerprint density at radius 1 is 1.30 bits per heavy atom. The van der Waals surface area contributed by atoms with Crippen LogP contribution in [0.2, 0.25) is 0 Å². The van der Waals surface area contributed by atoms with Crippen LogP contribution >= 0.6 is 15.9 Å². The number of nitrogens with zero attached hydrogens (tertiary/aromatic N) is 1. The maximum atomic E-state index is 5.97. The number of anilines is 1. The number of halogens is 1. The van der Waals surface area contributed by atoms with Crippen LogP contribution in [0.25, 0.3) is 0 Å². The molecule has 1 unspecified atom stereocenters. The summed E-state index contributed by atoms with van der Waals surface area (Å²) in [5.74, 6) is 0. The Kier molecular flexibility index (Phi) is 7.56. The fraction of sp³-hybridized carbons (Fsp3) is 0.625. The van der Waals surface area contributed by atoms with E-state index in [4.69, 9.17) is 10.5 Å². The van der Waals surface area contributed by atoms with Gasteiger partial charge in [0.05, 0.1) is 6.61 Å². The first-order chi connectivity index (χ1) is 9.54. The summed E-state index contributed by atoms with van der Waals surface area (Å²) in [5, 5.41) is 0. The Bertz CT molecular complexity index is 405. The van der Waals surface area contributed by atoms with E-state index in [1.807, 2.05) is 6.92 Å². The Balaban J connectivity index is 3.03. The summed E-state index contributed by atoms with van der Waals surface area (Å²) in [6.45, 7) is 8.12. The first kappa shape index (κ1) is 17.5. The van der Waals surface area contributed by atoms with Crippen LogP contribution in [-0.2, 0) is 4.74 Å². The summed E-state index contributed by atoms with van der Waals surface area (Å²) >= 11 is 3.64. The third kappa shape index (κ3) is 4.47. The van der Waals surface area contributed by atoms with Crippen molar-refractivity contribution in [2.45, 2.75) is 45.7 Å². The Labute approximate surface area is 131 Å². The third-order valence-corrected chi connectivity index (χ3v) is 4.41. The van der Waals surface area contributed by atoms with E-state index in [2.05, 4.69) is 52.9 Å². The zero-order valence-electron chi connectivity index (χ0n) is 13.0. The third-order valence-electron chi connectivity index (χ3n) is 3.73. The van der Waals surface area contributed by atoms with E-state index in [1.165, 1.54) is 5.69 Å². The monoisotopic (exact) mass is 342 g/mol. The minimum atomic E-state index is 0.0407. The van der Waals surface area contributed by atoms with Crippen LogP contribution in [0.4, 0.5) is 5.69 Å². The molecule has 2 N–H and O–H groups in total. The molecule has 0 saturated carbocycles. The zero-order chi connectivity index (χ0) is 15.1. The molecule has 0 aliphatic carbocycles. The Hall–Kier alpha value is -0.580. The number of ether oxygens (including phenoxy) is 1. The van der Waals surface area contributed by atoms with Gasteiger partial charge in [0.25, 0.3) is 0 Å². The van der Waals surface area contributed by atoms with Crippen molar-refractivity contribution in [1.29, 1.82) is 0 Å². The lowest BCUT2D eigenvalue weighted by molar-refractivity contribution is 0.202. The van der Waals surface area contributed by atoms with E-state index >= 15 is 0 Å². The van der Waals surface area contributed by atoms with Crippen molar-refractivity contribution >= 4 is 21.6 Å². The normalized spacial score (nSPS) is 12.8. The number of rotatable bonds is 8. The van der Waals surface area contributed by atoms with Crippen molar-refractivity contribution in [3.8, 4) is 0 Å². The molecule has 1 rings (SSSR count). The van der Waals surface area contributed by atoms with Crippen molar-refractivity contribution in [2.24, 2.45) is 5.73 Å². The van der Waals surface area contributed by atoms with Crippen LogP contribution in [-0.4, -0.2) is 26.3 Å². The lowest BCUT2D eigenvalue weighted by atomic mass is 10.1. The van der Waals surface area contributed by atoms with Crippen molar-refractivity contribution < 1.29 is 4.74 Å². The van der Waals surface area contributed by atoms with Gasteiger partial charge in [-0.2, -0.15) is 0 Å². The van der Waals surface area contributed by atoms with Gasteiger partial charge in [0.1, 0.15) is 0 Å². The SMILES string of the molecule is CCC(CC)N(CCOC)c1ccc(C(C)N)c(Br)c1. The summed E-state index contributed by atoms with van der Waals surface area (Å²) in [6.07, 6.45) is 2.26. The second kappa shape index (κ2) is 8.65. The second-order valence-corrected chi connectivity index (χ2v) is 6.01. The van der Waals surface area contributed by atoms with Crippen LogP contribution in [0, 0.1) is 0 Å². The van der Waals surface area contributed by atoms with Crippen molar-refractivity contribution in [3.63, 3.8) is 0 Å². The predicted molar refractivity (Wildman–Crippen MR) is 90.3 cm³/mol. The minimum absolute atomic E-state index is 0.0407. The number of hydrogen-bond acceptors (Lipinski definition) is 3. The molecule has 0 fully saturated rings. The average Bonchev–Trinajstić information content (AvgIpc) is 2.43. The maximum absolute atomic E-state index is 5.97. The van der Waals surface area contributed by atoms with Gasteiger partial charge in [0, 0.05) is 35.9 Å². The first-order valence-corrected chi connectivity index (χ1v) is 8.15. The van der Waals surface area contributed by atoms with E-state index in [0.717, 1.165) is 36.0 Å². The molecule has 0 amide bonds. The fourth-order valence-corrected chi connectivity index (χ4v) is 3.23. The van der Waals surface area contributed by atoms with Gasteiger partial charge < -0.3 is 15.4 Å². The molecule has 114 valence electrons. The lowest BCUT2D eigenvalue weighted by Gasteiger charge is -2.33. The van der Waals surface area contributed by atoms with Crippen molar-refractivity contribution in [3.05, 3.63) is 28.2 Å². The summed E-state index contributed by atoms with van der Waals surface area (Å²) in [4.78, 5) is 2.43. The topological polar surface area (TPSA) is 38.5 Å². The van der Waals surface area contributed by atoms with Gasteiger partial charge in [0.2, 0.25) is 0 Å². The van der Waals surface area contributed by atoms with Crippen LogP contribution in [0.3, 0.4) is 0 Å². The minimum Gasteiger partial charge on any atom is -0.383 e. The highest BCUT2D eigenvalue weighted by molar-refractivity contribution is 9.10. The molecule has 0 spiro atoms. The molecule has 3 nitrogen and oxygen atoms in total. The molecule has 1 atom stereocenters. The van der Waals surface area contributed by atoms with Gasteiger partial charge >= 0.3 is 0 Å². The Morgan fingerprint density at radius 2 is 1.95 bits per heavy atom. The molecule has 20 heavy (non-hydrogen) atoms. The van der Waals surface area contributed by atoms with Crippen molar-refractivity contribution in [1.82, 2.24) is 0 Å².